The van der Waals surface area contributed by atoms with Crippen molar-refractivity contribution in [3.05, 3.63) is 70.9 Å². The summed E-state index contributed by atoms with van der Waals surface area (Å²) in [5, 5.41) is 6.71. The van der Waals surface area contributed by atoms with E-state index in [1.807, 2.05) is 37.0 Å². The van der Waals surface area contributed by atoms with Crippen molar-refractivity contribution in [2.24, 2.45) is 10.7 Å². The van der Waals surface area contributed by atoms with Gasteiger partial charge in [-0.3, -0.25) is 9.79 Å². The molecule has 5 nitrogen and oxygen atoms in total. The van der Waals surface area contributed by atoms with E-state index >= 15 is 0 Å². The van der Waals surface area contributed by atoms with Crippen LogP contribution in [0.15, 0.2) is 53.7 Å². The third kappa shape index (κ3) is 4.52. The molecule has 3 aliphatic heterocycles. The van der Waals surface area contributed by atoms with Gasteiger partial charge >= 0.3 is 6.18 Å². The predicted octanol–water partition coefficient (Wildman–Crippen LogP) is 3.99. The molecular weight excluding hydrogens is 449 g/mol. The molecule has 2 unspecified atom stereocenters. The van der Waals surface area contributed by atoms with Crippen LogP contribution in [0.3, 0.4) is 0 Å². The van der Waals surface area contributed by atoms with E-state index in [4.69, 9.17) is 10.7 Å². The molecule has 2 aromatic carbocycles. The molecule has 4 N–H and O–H groups in total. The van der Waals surface area contributed by atoms with E-state index in [1.54, 1.807) is 0 Å². The second kappa shape index (κ2) is 8.22. The van der Waals surface area contributed by atoms with Gasteiger partial charge in [0.05, 0.1) is 28.5 Å². The lowest BCUT2D eigenvalue weighted by Crippen LogP contribution is -2.37. The molecule has 0 bridgehead atoms. The second-order valence-electron chi connectivity index (χ2n) is 8.64. The van der Waals surface area contributed by atoms with E-state index in [0.29, 0.717) is 18.1 Å². The first-order chi connectivity index (χ1) is 15.7. The van der Waals surface area contributed by atoms with Crippen LogP contribution in [0.25, 0.3) is 5.57 Å². The Morgan fingerprint density at radius 1 is 1.18 bits per heavy atom. The number of fused-ring (bicyclic) bond motifs is 2. The summed E-state index contributed by atoms with van der Waals surface area (Å²) < 4.78 is 38.2. The van der Waals surface area contributed by atoms with Gasteiger partial charge < -0.3 is 16.4 Å². The van der Waals surface area contributed by atoms with E-state index in [2.05, 4.69) is 16.7 Å². The number of hydrogen-bond acceptors (Lipinski definition) is 4. The quantitative estimate of drug-likeness (QED) is 0.575. The maximum absolute atomic E-state index is 12.7. The molecule has 1 saturated heterocycles. The highest BCUT2D eigenvalue weighted by molar-refractivity contribution is 8.09. The number of alkyl halides is 3. The van der Waals surface area contributed by atoms with Crippen molar-refractivity contribution in [3.8, 4) is 0 Å². The smallest absolute Gasteiger partial charge is 0.349 e. The van der Waals surface area contributed by atoms with Crippen LogP contribution in [0.4, 0.5) is 18.9 Å². The van der Waals surface area contributed by atoms with Crippen molar-refractivity contribution in [2.75, 3.05) is 5.32 Å². The van der Waals surface area contributed by atoms with Gasteiger partial charge in [0, 0.05) is 17.9 Å². The number of carbonyl (C=O) groups is 1. The van der Waals surface area contributed by atoms with Crippen LogP contribution in [0, 0.1) is 0 Å². The van der Waals surface area contributed by atoms with Crippen molar-refractivity contribution in [2.45, 2.75) is 48.5 Å². The first-order valence-corrected chi connectivity index (χ1v) is 11.7. The van der Waals surface area contributed by atoms with Crippen molar-refractivity contribution in [1.82, 2.24) is 5.32 Å². The zero-order valence-electron chi connectivity index (χ0n) is 17.8. The number of nitrogens with one attached hydrogen (secondary N) is 2. The Balaban J connectivity index is 1.24. The Labute approximate surface area is 193 Å². The summed E-state index contributed by atoms with van der Waals surface area (Å²) in [4.78, 5) is 16.4. The zero-order valence-corrected chi connectivity index (χ0v) is 18.6. The number of aliphatic imine (C=N–C) groups is 1. The number of halogens is 3. The van der Waals surface area contributed by atoms with Gasteiger partial charge in [0.2, 0.25) is 5.91 Å². The lowest BCUT2D eigenvalue weighted by atomic mass is 9.96. The fourth-order valence-corrected chi connectivity index (χ4v) is 5.34. The summed E-state index contributed by atoms with van der Waals surface area (Å²) in [5.41, 5.74) is 10.6. The Hall–Kier alpha value is -2.78. The standard InChI is InChI=1S/C24H23F3N4OS/c1-12(18(28)8-13-2-5-16(6-3-13)24(25,26)27)30-23-22-21(33-22)17(11-29-23)14-4-7-19-15(9-14)10-20(32)31-19/h2-7,9,11-12,18,21-22H,8,10,28H2,1H3,(H,29,30)(H,31,32)/t12-,18-,21?,22?/m0/s1. The van der Waals surface area contributed by atoms with Gasteiger partial charge in [0.1, 0.15) is 5.84 Å². The first kappa shape index (κ1) is 22.0. The van der Waals surface area contributed by atoms with Crippen LogP contribution < -0.4 is 16.4 Å². The molecule has 1 fully saturated rings. The van der Waals surface area contributed by atoms with E-state index in [1.165, 1.54) is 17.7 Å². The van der Waals surface area contributed by atoms with Crippen molar-refractivity contribution in [3.63, 3.8) is 0 Å². The molecule has 33 heavy (non-hydrogen) atoms. The molecule has 4 atom stereocenters. The normalized spacial score (nSPS) is 24.3. The van der Waals surface area contributed by atoms with Gasteiger partial charge in [-0.05, 0) is 59.9 Å². The number of hydrogen-bond donors (Lipinski definition) is 3. The molecule has 3 aliphatic rings. The molecule has 1 amide bonds. The van der Waals surface area contributed by atoms with Crippen molar-refractivity contribution in [1.29, 1.82) is 0 Å². The summed E-state index contributed by atoms with van der Waals surface area (Å²) in [6.45, 7) is 1.93. The fraction of sp³-hybridized carbons (Fsp3) is 0.333. The Kier molecular flexibility index (Phi) is 5.49. The number of thioether (sulfide) groups is 1. The molecule has 0 spiro atoms. The summed E-state index contributed by atoms with van der Waals surface area (Å²) in [7, 11) is 0. The molecule has 5 rings (SSSR count). The minimum absolute atomic E-state index is 0.0209. The molecular formula is C24H23F3N4OS. The minimum atomic E-state index is -4.34. The first-order valence-electron chi connectivity index (χ1n) is 10.7. The predicted molar refractivity (Wildman–Crippen MR) is 125 cm³/mol. The average Bonchev–Trinajstić information content (AvgIpc) is 3.48. The van der Waals surface area contributed by atoms with Crippen LogP contribution in [-0.2, 0) is 23.8 Å². The van der Waals surface area contributed by atoms with Crippen LogP contribution in [0.5, 0.6) is 0 Å². The fourth-order valence-electron chi connectivity index (χ4n) is 4.23. The number of amides is 1. The topological polar surface area (TPSA) is 79.5 Å². The number of benzene rings is 2. The van der Waals surface area contributed by atoms with E-state index in [0.717, 1.165) is 40.3 Å². The van der Waals surface area contributed by atoms with Gasteiger partial charge in [-0.2, -0.15) is 13.2 Å². The summed E-state index contributed by atoms with van der Waals surface area (Å²) in [6.07, 6.45) is -1.52. The van der Waals surface area contributed by atoms with Crippen LogP contribution >= 0.6 is 11.8 Å². The molecule has 0 aromatic heterocycles. The number of nitrogens with zero attached hydrogens (tertiary/aromatic N) is 1. The van der Waals surface area contributed by atoms with Gasteiger partial charge in [0.15, 0.2) is 0 Å². The zero-order chi connectivity index (χ0) is 23.3. The molecule has 172 valence electrons. The third-order valence-electron chi connectivity index (χ3n) is 6.22. The second-order valence-corrected chi connectivity index (χ2v) is 9.92. The van der Waals surface area contributed by atoms with Gasteiger partial charge in [-0.25, -0.2) is 0 Å². The Morgan fingerprint density at radius 2 is 1.94 bits per heavy atom. The largest absolute Gasteiger partial charge is 0.416 e. The van der Waals surface area contributed by atoms with Crippen molar-refractivity contribution >= 4 is 34.8 Å². The number of carbonyl (C=O) groups excluding carboxylic acids is 1. The van der Waals surface area contributed by atoms with Crippen LogP contribution in [-0.4, -0.2) is 34.3 Å². The maximum atomic E-state index is 12.7. The Morgan fingerprint density at radius 3 is 2.67 bits per heavy atom. The van der Waals surface area contributed by atoms with Crippen molar-refractivity contribution < 1.29 is 18.0 Å². The average molecular weight is 473 g/mol. The van der Waals surface area contributed by atoms with Gasteiger partial charge in [-0.1, -0.05) is 18.2 Å². The van der Waals surface area contributed by atoms with E-state index in [-0.39, 0.29) is 23.2 Å². The number of nitrogens with two attached hydrogens (primary N) is 1. The maximum Gasteiger partial charge on any atom is 0.416 e. The summed E-state index contributed by atoms with van der Waals surface area (Å²) in [6, 6.07) is 10.7. The number of amidine groups is 1. The van der Waals surface area contributed by atoms with E-state index in [9.17, 15) is 18.0 Å². The van der Waals surface area contributed by atoms with Gasteiger partial charge in [-0.15, -0.1) is 11.8 Å². The highest BCUT2D eigenvalue weighted by Gasteiger charge is 2.48. The highest BCUT2D eigenvalue weighted by Crippen LogP contribution is 2.52. The van der Waals surface area contributed by atoms with Crippen LogP contribution in [0.1, 0.15) is 29.2 Å². The molecule has 3 heterocycles. The summed E-state index contributed by atoms with van der Waals surface area (Å²) >= 11 is 1.81. The molecule has 0 saturated carbocycles. The third-order valence-corrected chi connectivity index (χ3v) is 7.52. The molecule has 2 aromatic rings. The SMILES string of the molecule is C[C@H](N=C1NC=C(c2ccc3c(c2)CC(=O)N3)C2SC12)[C@@H](N)Cc1ccc(C(F)(F)F)cc1. The molecule has 0 aliphatic carbocycles. The van der Waals surface area contributed by atoms with Crippen LogP contribution in [0.2, 0.25) is 0 Å². The number of anilines is 1. The minimum Gasteiger partial charge on any atom is -0.349 e. The van der Waals surface area contributed by atoms with Gasteiger partial charge in [0.25, 0.3) is 0 Å². The highest BCUT2D eigenvalue weighted by atomic mass is 32.2. The number of rotatable bonds is 5. The monoisotopic (exact) mass is 472 g/mol. The molecule has 0 radical (unpaired) electrons. The summed E-state index contributed by atoms with van der Waals surface area (Å²) in [5.74, 6) is 0.898. The Bertz CT molecular complexity index is 1160. The van der Waals surface area contributed by atoms with E-state index < -0.39 is 11.7 Å². The molecule has 9 heteroatoms. The lowest BCUT2D eigenvalue weighted by molar-refractivity contribution is -0.137. The lowest BCUT2D eigenvalue weighted by Gasteiger charge is -2.20.